The molecule has 0 aromatic carbocycles. The van der Waals surface area contributed by atoms with Crippen LogP contribution in [0.3, 0.4) is 0 Å². The van der Waals surface area contributed by atoms with E-state index in [0.717, 1.165) is 24.7 Å². The van der Waals surface area contributed by atoms with Gasteiger partial charge in [-0.15, -0.1) is 0 Å². The van der Waals surface area contributed by atoms with Gasteiger partial charge in [-0.05, 0) is 44.4 Å². The molecule has 0 rings (SSSR count). The first kappa shape index (κ1) is 27.5. The summed E-state index contributed by atoms with van der Waals surface area (Å²) in [7, 11) is 0. The fraction of sp³-hybridized carbons (Fsp3) is 0.913. The summed E-state index contributed by atoms with van der Waals surface area (Å²) >= 11 is 0. The van der Waals surface area contributed by atoms with E-state index in [0.29, 0.717) is 6.61 Å². The molecule has 0 saturated heterocycles. The molecule has 168 valence electrons. The highest BCUT2D eigenvalue weighted by molar-refractivity contribution is 4.97. The topological polar surface area (TPSA) is 79.2 Å². The molecular weight excluding hydrogens is 356 g/mol. The summed E-state index contributed by atoms with van der Waals surface area (Å²) in [4.78, 5) is 0. The molecule has 0 amide bonds. The maximum atomic E-state index is 9.70. The number of unbranched alkanes of at least 4 members (excludes halogenated alkanes) is 1. The molecule has 0 aliphatic carbocycles. The third-order valence-electron chi connectivity index (χ3n) is 4.87. The highest BCUT2D eigenvalue weighted by atomic mass is 16.5. The molecule has 0 fully saturated rings. The summed E-state index contributed by atoms with van der Waals surface area (Å²) in [5, 5.41) is 27.5. The van der Waals surface area contributed by atoms with Gasteiger partial charge in [-0.25, -0.2) is 0 Å². The van der Waals surface area contributed by atoms with Gasteiger partial charge >= 0.3 is 0 Å². The summed E-state index contributed by atoms with van der Waals surface area (Å²) in [5.41, 5.74) is 1.46. The molecule has 0 aliphatic rings. The lowest BCUT2D eigenvalue weighted by molar-refractivity contribution is -0.0479. The molecule has 0 spiro atoms. The van der Waals surface area contributed by atoms with Crippen LogP contribution in [0, 0.1) is 11.8 Å². The normalized spacial score (nSPS) is 15.8. The summed E-state index contributed by atoms with van der Waals surface area (Å²) in [6, 6.07) is 0. The van der Waals surface area contributed by atoms with Crippen molar-refractivity contribution in [2.75, 3.05) is 33.0 Å². The molecule has 3 N–H and O–H groups in total. The number of aliphatic hydroxyl groups excluding tert-OH is 3. The average molecular weight is 403 g/mol. The largest absolute Gasteiger partial charge is 0.394 e. The second kappa shape index (κ2) is 18.6. The van der Waals surface area contributed by atoms with E-state index in [4.69, 9.17) is 19.7 Å². The van der Waals surface area contributed by atoms with Crippen molar-refractivity contribution in [2.24, 2.45) is 11.8 Å². The zero-order valence-electron chi connectivity index (χ0n) is 18.7. The van der Waals surface area contributed by atoms with Crippen molar-refractivity contribution in [3.63, 3.8) is 0 Å². The van der Waals surface area contributed by atoms with Crippen LogP contribution in [0.15, 0.2) is 11.6 Å². The van der Waals surface area contributed by atoms with Crippen molar-refractivity contribution in [1.82, 2.24) is 0 Å². The average Bonchev–Trinajstić information content (AvgIpc) is 2.64. The predicted molar refractivity (Wildman–Crippen MR) is 115 cm³/mol. The van der Waals surface area contributed by atoms with E-state index in [1.165, 1.54) is 44.1 Å². The summed E-state index contributed by atoms with van der Waals surface area (Å²) < 4.78 is 10.6. The van der Waals surface area contributed by atoms with Crippen LogP contribution in [0.25, 0.3) is 0 Å². The van der Waals surface area contributed by atoms with Crippen molar-refractivity contribution in [1.29, 1.82) is 0 Å². The molecular formula is C23H46O5. The van der Waals surface area contributed by atoms with Crippen molar-refractivity contribution in [3.8, 4) is 0 Å². The SMILES string of the molecule is C/C(=C\CCCOCC(O)COCC(O)CO)CCCC(C)CCCC(C)C. The van der Waals surface area contributed by atoms with Crippen LogP contribution in [-0.2, 0) is 9.47 Å². The lowest BCUT2D eigenvalue weighted by atomic mass is 9.94. The lowest BCUT2D eigenvalue weighted by Gasteiger charge is -2.13. The first-order chi connectivity index (χ1) is 13.3. The van der Waals surface area contributed by atoms with Gasteiger partial charge in [0.2, 0.25) is 0 Å². The van der Waals surface area contributed by atoms with Crippen molar-refractivity contribution < 1.29 is 24.8 Å². The molecule has 3 unspecified atom stereocenters. The Morgan fingerprint density at radius 3 is 2.18 bits per heavy atom. The Kier molecular flexibility index (Phi) is 18.3. The summed E-state index contributed by atoms with van der Waals surface area (Å²) in [5.74, 6) is 1.66. The number of hydrogen-bond acceptors (Lipinski definition) is 5. The molecule has 0 saturated carbocycles. The Hall–Kier alpha value is -0.460. The fourth-order valence-electron chi connectivity index (χ4n) is 3.04. The van der Waals surface area contributed by atoms with E-state index in [9.17, 15) is 5.11 Å². The highest BCUT2D eigenvalue weighted by Gasteiger charge is 2.07. The zero-order chi connectivity index (χ0) is 21.2. The van der Waals surface area contributed by atoms with Gasteiger partial charge in [0.05, 0.1) is 26.4 Å². The highest BCUT2D eigenvalue weighted by Crippen LogP contribution is 2.19. The van der Waals surface area contributed by atoms with E-state index in [2.05, 4.69) is 33.8 Å². The van der Waals surface area contributed by atoms with Gasteiger partial charge in [0.15, 0.2) is 0 Å². The standard InChI is InChI=1S/C23H46O5/c1-19(2)9-7-11-21(4)13-8-12-20(3)10-5-6-14-27-17-23(26)18-28-16-22(25)15-24/h10,19,21-26H,5-9,11-18H2,1-4H3/b20-10+. The van der Waals surface area contributed by atoms with E-state index in [-0.39, 0.29) is 26.4 Å². The predicted octanol–water partition coefficient (Wildman–Crippen LogP) is 4.09. The Bertz CT molecular complexity index is 370. The van der Waals surface area contributed by atoms with E-state index < -0.39 is 12.2 Å². The zero-order valence-corrected chi connectivity index (χ0v) is 18.7. The van der Waals surface area contributed by atoms with E-state index in [1.54, 1.807) is 0 Å². The first-order valence-electron chi connectivity index (χ1n) is 11.1. The van der Waals surface area contributed by atoms with Crippen LogP contribution in [0.4, 0.5) is 0 Å². The van der Waals surface area contributed by atoms with Gasteiger partial charge in [-0.3, -0.25) is 0 Å². The maximum absolute atomic E-state index is 9.70. The minimum Gasteiger partial charge on any atom is -0.394 e. The van der Waals surface area contributed by atoms with Crippen LogP contribution in [0.2, 0.25) is 0 Å². The fourth-order valence-corrected chi connectivity index (χ4v) is 3.04. The molecule has 5 heteroatoms. The van der Waals surface area contributed by atoms with Crippen LogP contribution < -0.4 is 0 Å². The number of allylic oxidation sites excluding steroid dienone is 2. The van der Waals surface area contributed by atoms with Crippen LogP contribution >= 0.6 is 0 Å². The molecule has 0 aromatic rings. The van der Waals surface area contributed by atoms with Gasteiger partial charge in [0.1, 0.15) is 12.2 Å². The molecule has 0 bridgehead atoms. The summed E-state index contributed by atoms with van der Waals surface area (Å²) in [6.45, 7) is 9.83. The van der Waals surface area contributed by atoms with Gasteiger partial charge in [-0.2, -0.15) is 0 Å². The molecule has 0 aliphatic heterocycles. The second-order valence-corrected chi connectivity index (χ2v) is 8.62. The minimum absolute atomic E-state index is 0.0222. The maximum Gasteiger partial charge on any atom is 0.101 e. The van der Waals surface area contributed by atoms with E-state index >= 15 is 0 Å². The third kappa shape index (κ3) is 18.9. The van der Waals surface area contributed by atoms with E-state index in [1.807, 2.05) is 0 Å². The molecule has 28 heavy (non-hydrogen) atoms. The van der Waals surface area contributed by atoms with Crippen LogP contribution in [0.5, 0.6) is 0 Å². The van der Waals surface area contributed by atoms with Crippen molar-refractivity contribution in [2.45, 2.75) is 91.3 Å². The monoisotopic (exact) mass is 402 g/mol. The number of ether oxygens (including phenoxy) is 2. The van der Waals surface area contributed by atoms with Gasteiger partial charge in [0.25, 0.3) is 0 Å². The molecule has 0 radical (unpaired) electrons. The number of aliphatic hydroxyl groups is 3. The third-order valence-corrected chi connectivity index (χ3v) is 4.87. The van der Waals surface area contributed by atoms with Crippen LogP contribution in [-0.4, -0.2) is 60.6 Å². The summed E-state index contributed by atoms with van der Waals surface area (Å²) in [6.07, 6.45) is 10.5. The smallest absolute Gasteiger partial charge is 0.101 e. The molecule has 0 aromatic heterocycles. The van der Waals surface area contributed by atoms with Gasteiger partial charge in [0, 0.05) is 6.61 Å². The Morgan fingerprint density at radius 2 is 1.50 bits per heavy atom. The van der Waals surface area contributed by atoms with Crippen molar-refractivity contribution >= 4 is 0 Å². The molecule has 5 nitrogen and oxygen atoms in total. The minimum atomic E-state index is -0.892. The quantitative estimate of drug-likeness (QED) is 0.224. The molecule has 3 atom stereocenters. The number of hydrogen-bond donors (Lipinski definition) is 3. The Morgan fingerprint density at radius 1 is 0.857 bits per heavy atom. The molecule has 0 heterocycles. The van der Waals surface area contributed by atoms with Gasteiger partial charge < -0.3 is 24.8 Å². The Balaban J connectivity index is 3.56. The lowest BCUT2D eigenvalue weighted by Crippen LogP contribution is -2.26. The second-order valence-electron chi connectivity index (χ2n) is 8.62. The van der Waals surface area contributed by atoms with Gasteiger partial charge in [-0.1, -0.05) is 58.1 Å². The Labute approximate surface area is 173 Å². The first-order valence-corrected chi connectivity index (χ1v) is 11.1. The van der Waals surface area contributed by atoms with Crippen molar-refractivity contribution in [3.05, 3.63) is 11.6 Å². The van der Waals surface area contributed by atoms with Crippen LogP contribution in [0.1, 0.15) is 79.1 Å². The number of rotatable bonds is 19.